The van der Waals surface area contributed by atoms with Crippen LogP contribution in [0.1, 0.15) is 13.3 Å². The second-order valence-electron chi connectivity index (χ2n) is 3.05. The molecule has 0 aliphatic heterocycles. The molecule has 0 radical (unpaired) electrons. The van der Waals surface area contributed by atoms with E-state index in [2.05, 4.69) is 16.1 Å². The predicted molar refractivity (Wildman–Crippen MR) is 53.0 cm³/mol. The zero-order valence-corrected chi connectivity index (χ0v) is 8.93. The number of nitriles is 1. The van der Waals surface area contributed by atoms with E-state index < -0.39 is 18.0 Å². The number of carbonyl (C=O) groups is 2. The summed E-state index contributed by atoms with van der Waals surface area (Å²) in [4.78, 5) is 21.6. The first-order chi connectivity index (χ1) is 7.47. The SMILES string of the molecule is C=C(C)C(=O)OCC(O)COC(=O)CC#N. The molecular formula is C10H13NO5. The van der Waals surface area contributed by atoms with Crippen LogP contribution in [-0.2, 0) is 19.1 Å². The van der Waals surface area contributed by atoms with Gasteiger partial charge >= 0.3 is 11.9 Å². The summed E-state index contributed by atoms with van der Waals surface area (Å²) in [5.74, 6) is -1.35. The summed E-state index contributed by atoms with van der Waals surface area (Å²) in [5, 5.41) is 17.4. The third-order valence-electron chi connectivity index (χ3n) is 1.42. The maximum atomic E-state index is 10.9. The molecule has 1 atom stereocenters. The van der Waals surface area contributed by atoms with Gasteiger partial charge in [-0.25, -0.2) is 4.79 Å². The first-order valence-corrected chi connectivity index (χ1v) is 4.50. The highest BCUT2D eigenvalue weighted by Crippen LogP contribution is 1.95. The molecule has 0 spiro atoms. The van der Waals surface area contributed by atoms with Gasteiger partial charge in [-0.3, -0.25) is 4.79 Å². The summed E-state index contributed by atoms with van der Waals surface area (Å²) in [6.45, 7) is 4.23. The largest absolute Gasteiger partial charge is 0.462 e. The Hall–Kier alpha value is -1.87. The molecule has 1 N–H and O–H groups in total. The summed E-state index contributed by atoms with van der Waals surface area (Å²) >= 11 is 0. The van der Waals surface area contributed by atoms with Gasteiger partial charge in [0.1, 0.15) is 25.7 Å². The van der Waals surface area contributed by atoms with E-state index in [1.54, 1.807) is 6.07 Å². The molecule has 0 heterocycles. The van der Waals surface area contributed by atoms with Crippen molar-refractivity contribution in [2.45, 2.75) is 19.4 Å². The molecule has 6 nitrogen and oxygen atoms in total. The van der Waals surface area contributed by atoms with Crippen LogP contribution < -0.4 is 0 Å². The molecule has 6 heteroatoms. The first kappa shape index (κ1) is 14.1. The molecule has 0 aromatic carbocycles. The number of hydrogen-bond acceptors (Lipinski definition) is 6. The second-order valence-corrected chi connectivity index (χ2v) is 3.05. The van der Waals surface area contributed by atoms with Gasteiger partial charge in [0.2, 0.25) is 0 Å². The van der Waals surface area contributed by atoms with E-state index in [9.17, 15) is 14.7 Å². The Bertz CT molecular complexity index is 318. The molecule has 0 aromatic heterocycles. The number of nitrogens with zero attached hydrogens (tertiary/aromatic N) is 1. The molecule has 0 amide bonds. The number of esters is 2. The number of carbonyl (C=O) groups excluding carboxylic acids is 2. The van der Waals surface area contributed by atoms with Crippen molar-refractivity contribution in [2.24, 2.45) is 0 Å². The van der Waals surface area contributed by atoms with Crippen molar-refractivity contribution < 1.29 is 24.2 Å². The molecule has 0 saturated heterocycles. The zero-order valence-electron chi connectivity index (χ0n) is 8.93. The monoisotopic (exact) mass is 227 g/mol. The minimum absolute atomic E-state index is 0.216. The van der Waals surface area contributed by atoms with Gasteiger partial charge in [-0.2, -0.15) is 5.26 Å². The van der Waals surface area contributed by atoms with E-state index in [0.717, 1.165) is 0 Å². The Morgan fingerprint density at radius 2 is 2.00 bits per heavy atom. The van der Waals surface area contributed by atoms with Gasteiger partial charge in [0.25, 0.3) is 0 Å². The van der Waals surface area contributed by atoms with Crippen LogP contribution in [0.5, 0.6) is 0 Å². The highest BCUT2D eigenvalue weighted by molar-refractivity contribution is 5.86. The van der Waals surface area contributed by atoms with Crippen LogP contribution in [-0.4, -0.2) is 36.4 Å². The van der Waals surface area contributed by atoms with Gasteiger partial charge in [-0.15, -0.1) is 0 Å². The van der Waals surface area contributed by atoms with Gasteiger partial charge in [0.15, 0.2) is 0 Å². The molecule has 88 valence electrons. The number of aliphatic hydroxyl groups excluding tert-OH is 1. The van der Waals surface area contributed by atoms with Crippen LogP contribution >= 0.6 is 0 Å². The molecular weight excluding hydrogens is 214 g/mol. The topological polar surface area (TPSA) is 96.6 Å². The first-order valence-electron chi connectivity index (χ1n) is 4.50. The van der Waals surface area contributed by atoms with Crippen LogP contribution in [0.2, 0.25) is 0 Å². The van der Waals surface area contributed by atoms with E-state index in [1.165, 1.54) is 6.92 Å². The van der Waals surface area contributed by atoms with Crippen molar-refractivity contribution in [3.05, 3.63) is 12.2 Å². The number of aliphatic hydroxyl groups is 1. The Morgan fingerprint density at radius 1 is 1.44 bits per heavy atom. The lowest BCUT2D eigenvalue weighted by Crippen LogP contribution is -2.25. The lowest BCUT2D eigenvalue weighted by molar-refractivity contribution is -0.149. The van der Waals surface area contributed by atoms with Gasteiger partial charge in [-0.05, 0) is 6.92 Å². The Morgan fingerprint density at radius 3 is 2.50 bits per heavy atom. The van der Waals surface area contributed by atoms with Crippen LogP contribution in [0, 0.1) is 11.3 Å². The van der Waals surface area contributed by atoms with Gasteiger partial charge in [0, 0.05) is 5.57 Å². The summed E-state index contributed by atoms with van der Waals surface area (Å²) in [6.07, 6.45) is -1.48. The highest BCUT2D eigenvalue weighted by atomic mass is 16.6. The number of rotatable bonds is 6. The van der Waals surface area contributed by atoms with Gasteiger partial charge < -0.3 is 14.6 Å². The van der Waals surface area contributed by atoms with Crippen LogP contribution in [0.25, 0.3) is 0 Å². The smallest absolute Gasteiger partial charge is 0.333 e. The average Bonchev–Trinajstić information content (AvgIpc) is 2.23. The zero-order chi connectivity index (χ0) is 12.6. The fourth-order valence-corrected chi connectivity index (χ4v) is 0.648. The van der Waals surface area contributed by atoms with Crippen molar-refractivity contribution >= 4 is 11.9 Å². The van der Waals surface area contributed by atoms with Gasteiger partial charge in [-0.1, -0.05) is 6.58 Å². The summed E-state index contributed by atoms with van der Waals surface area (Å²) in [7, 11) is 0. The van der Waals surface area contributed by atoms with Gasteiger partial charge in [0.05, 0.1) is 6.07 Å². The third-order valence-corrected chi connectivity index (χ3v) is 1.42. The molecule has 16 heavy (non-hydrogen) atoms. The Balaban J connectivity index is 3.71. The second kappa shape index (κ2) is 7.43. The standard InChI is InChI=1S/C10H13NO5/c1-7(2)10(14)16-6-8(12)5-15-9(13)3-4-11/h8,12H,1,3,5-6H2,2H3. The molecule has 0 aliphatic rings. The van der Waals surface area contributed by atoms with E-state index in [1.807, 2.05) is 0 Å². The third kappa shape index (κ3) is 6.56. The van der Waals surface area contributed by atoms with Crippen molar-refractivity contribution in [3.63, 3.8) is 0 Å². The van der Waals surface area contributed by atoms with E-state index in [-0.39, 0.29) is 25.2 Å². The predicted octanol–water partition coefficient (Wildman–Crippen LogP) is -0.0765. The lowest BCUT2D eigenvalue weighted by atomic mass is 10.3. The van der Waals surface area contributed by atoms with Crippen molar-refractivity contribution in [1.82, 2.24) is 0 Å². The normalized spacial score (nSPS) is 11.1. The maximum absolute atomic E-state index is 10.9. The maximum Gasteiger partial charge on any atom is 0.333 e. The summed E-state index contributed by atoms with van der Waals surface area (Å²) in [5.41, 5.74) is 0.216. The molecule has 0 bridgehead atoms. The van der Waals surface area contributed by atoms with E-state index in [0.29, 0.717) is 0 Å². The Labute approximate surface area is 93.1 Å². The number of hydrogen-bond donors (Lipinski definition) is 1. The summed E-state index contributed by atoms with van der Waals surface area (Å²) < 4.78 is 9.12. The van der Waals surface area contributed by atoms with E-state index >= 15 is 0 Å². The highest BCUT2D eigenvalue weighted by Gasteiger charge is 2.11. The minimum Gasteiger partial charge on any atom is -0.462 e. The number of ether oxygens (including phenoxy) is 2. The Kier molecular flexibility index (Phi) is 6.56. The van der Waals surface area contributed by atoms with Crippen LogP contribution in [0.3, 0.4) is 0 Å². The molecule has 0 aliphatic carbocycles. The lowest BCUT2D eigenvalue weighted by Gasteiger charge is -2.11. The summed E-state index contributed by atoms with van der Waals surface area (Å²) in [6, 6.07) is 1.60. The minimum atomic E-state index is -1.11. The van der Waals surface area contributed by atoms with E-state index in [4.69, 9.17) is 5.26 Å². The van der Waals surface area contributed by atoms with Crippen molar-refractivity contribution in [1.29, 1.82) is 5.26 Å². The quantitative estimate of drug-likeness (QED) is 0.503. The molecule has 0 aromatic rings. The molecule has 1 unspecified atom stereocenters. The van der Waals surface area contributed by atoms with Crippen LogP contribution in [0.4, 0.5) is 0 Å². The van der Waals surface area contributed by atoms with Crippen LogP contribution in [0.15, 0.2) is 12.2 Å². The fourth-order valence-electron chi connectivity index (χ4n) is 0.648. The van der Waals surface area contributed by atoms with Crippen molar-refractivity contribution in [2.75, 3.05) is 13.2 Å². The molecule has 0 saturated carbocycles. The molecule has 0 fully saturated rings. The average molecular weight is 227 g/mol. The fraction of sp³-hybridized carbons (Fsp3) is 0.500. The molecule has 0 rings (SSSR count). The van der Waals surface area contributed by atoms with Crippen molar-refractivity contribution in [3.8, 4) is 6.07 Å².